The van der Waals surface area contributed by atoms with E-state index < -0.39 is 11.7 Å². The van der Waals surface area contributed by atoms with Gasteiger partial charge in [0.25, 0.3) is 6.01 Å². The number of rotatable bonds is 5. The topological polar surface area (TPSA) is 100 Å². The summed E-state index contributed by atoms with van der Waals surface area (Å²) in [5.41, 5.74) is 1.96. The van der Waals surface area contributed by atoms with E-state index in [9.17, 15) is 4.79 Å². The lowest BCUT2D eigenvalue weighted by molar-refractivity contribution is 0.0636. The number of benzene rings is 2. The highest BCUT2D eigenvalue weighted by Gasteiger charge is 2.17. The Morgan fingerprint density at radius 2 is 1.93 bits per heavy atom. The van der Waals surface area contributed by atoms with E-state index in [0.29, 0.717) is 28.7 Å². The summed E-state index contributed by atoms with van der Waals surface area (Å²) in [5, 5.41) is 13.4. The molecule has 8 heteroatoms. The Morgan fingerprint density at radius 1 is 1.21 bits per heavy atom. The maximum atomic E-state index is 12.0. The Hall–Kier alpha value is -3.13. The van der Waals surface area contributed by atoms with E-state index >= 15 is 0 Å². The number of carbonyl (C=O) groups is 1. The number of amides is 1. The van der Waals surface area contributed by atoms with Gasteiger partial charge in [0, 0.05) is 27.5 Å². The summed E-state index contributed by atoms with van der Waals surface area (Å²) in [5.74, 6) is 0.635. The quantitative estimate of drug-likeness (QED) is 0.397. The van der Waals surface area contributed by atoms with E-state index in [2.05, 4.69) is 31.5 Å². The van der Waals surface area contributed by atoms with Crippen LogP contribution in [0, 0.1) is 5.41 Å². The van der Waals surface area contributed by atoms with Crippen LogP contribution >= 0.6 is 15.9 Å². The van der Waals surface area contributed by atoms with Gasteiger partial charge in [-0.3, -0.25) is 5.32 Å². The third kappa shape index (κ3) is 5.68. The van der Waals surface area contributed by atoms with Crippen LogP contribution in [0.4, 0.5) is 22.2 Å². The molecule has 29 heavy (non-hydrogen) atoms. The molecule has 0 atom stereocenters. The fourth-order valence-corrected chi connectivity index (χ4v) is 2.75. The fourth-order valence-electron chi connectivity index (χ4n) is 2.49. The molecule has 0 aliphatic rings. The Labute approximate surface area is 177 Å². The van der Waals surface area contributed by atoms with Crippen molar-refractivity contribution in [3.8, 4) is 11.3 Å². The van der Waals surface area contributed by atoms with Gasteiger partial charge in [-0.2, -0.15) is 0 Å². The smallest absolute Gasteiger partial charge is 0.412 e. The minimum absolute atomic E-state index is 0.326. The predicted octanol–water partition coefficient (Wildman–Crippen LogP) is 6.19. The maximum Gasteiger partial charge on any atom is 0.412 e. The minimum atomic E-state index is -0.603. The average molecular weight is 457 g/mol. The van der Waals surface area contributed by atoms with Gasteiger partial charge >= 0.3 is 6.09 Å². The van der Waals surface area contributed by atoms with Crippen molar-refractivity contribution in [1.29, 1.82) is 5.41 Å². The van der Waals surface area contributed by atoms with Crippen molar-refractivity contribution in [2.45, 2.75) is 26.4 Å². The highest BCUT2D eigenvalue weighted by Crippen LogP contribution is 2.27. The summed E-state index contributed by atoms with van der Waals surface area (Å²) in [6, 6.07) is 13.2. The number of nitrogens with zero attached hydrogens (tertiary/aromatic N) is 1. The molecular weight excluding hydrogens is 436 g/mol. The van der Waals surface area contributed by atoms with Gasteiger partial charge in [-0.25, -0.2) is 9.78 Å². The largest absolute Gasteiger partial charge is 0.444 e. The van der Waals surface area contributed by atoms with E-state index in [0.717, 1.165) is 16.3 Å². The standard InChI is InChI=1S/C21H21BrN4O3/c1-21(2,3)29-20(27)26-17-9-8-16(10-14(17)11-23)25-19-24-12-18(28-19)13-4-6-15(22)7-5-13/h4-12,23H,1-3H3,(H,24,25)(H,26,27). The Kier molecular flexibility index (Phi) is 6.03. The Balaban J connectivity index is 1.73. The van der Waals surface area contributed by atoms with Crippen molar-refractivity contribution in [3.05, 3.63) is 58.7 Å². The SMILES string of the molecule is CC(C)(C)OC(=O)Nc1ccc(Nc2ncc(-c3ccc(Br)cc3)o2)cc1C=N. The second-order valence-electron chi connectivity index (χ2n) is 7.23. The van der Waals surface area contributed by atoms with Crippen LogP contribution in [0.5, 0.6) is 0 Å². The summed E-state index contributed by atoms with van der Waals surface area (Å²) in [7, 11) is 0. The molecule has 2 aromatic carbocycles. The van der Waals surface area contributed by atoms with Gasteiger partial charge in [-0.05, 0) is 51.1 Å². The van der Waals surface area contributed by atoms with Gasteiger partial charge in [0.15, 0.2) is 5.76 Å². The van der Waals surface area contributed by atoms with Gasteiger partial charge in [0.1, 0.15) is 5.60 Å². The molecule has 0 fully saturated rings. The first-order valence-electron chi connectivity index (χ1n) is 8.87. The van der Waals surface area contributed by atoms with Crippen LogP contribution in [-0.2, 0) is 4.74 Å². The lowest BCUT2D eigenvalue weighted by Gasteiger charge is -2.20. The number of aromatic nitrogens is 1. The van der Waals surface area contributed by atoms with Gasteiger partial charge < -0.3 is 19.9 Å². The third-order valence-electron chi connectivity index (χ3n) is 3.73. The van der Waals surface area contributed by atoms with E-state index in [4.69, 9.17) is 14.6 Å². The van der Waals surface area contributed by atoms with E-state index in [1.54, 1.807) is 45.2 Å². The molecule has 1 aromatic heterocycles. The van der Waals surface area contributed by atoms with Crippen molar-refractivity contribution in [2.75, 3.05) is 10.6 Å². The summed E-state index contributed by atoms with van der Waals surface area (Å²) < 4.78 is 12.0. The van der Waals surface area contributed by atoms with E-state index in [1.807, 2.05) is 24.3 Å². The molecule has 3 rings (SSSR count). The number of oxazole rings is 1. The summed E-state index contributed by atoms with van der Waals surface area (Å²) in [6.45, 7) is 5.36. The first kappa shape index (κ1) is 20.6. The lowest BCUT2D eigenvalue weighted by atomic mass is 10.1. The predicted molar refractivity (Wildman–Crippen MR) is 117 cm³/mol. The molecule has 0 aliphatic heterocycles. The fraction of sp³-hybridized carbons (Fsp3) is 0.190. The normalized spacial score (nSPS) is 11.0. The van der Waals surface area contributed by atoms with Crippen LogP contribution in [0.15, 0.2) is 57.6 Å². The monoisotopic (exact) mass is 456 g/mol. The van der Waals surface area contributed by atoms with Crippen LogP contribution in [0.3, 0.4) is 0 Å². The van der Waals surface area contributed by atoms with E-state index in [-0.39, 0.29) is 0 Å². The van der Waals surface area contributed by atoms with Crippen LogP contribution < -0.4 is 10.6 Å². The molecular formula is C21H21BrN4O3. The molecule has 0 bridgehead atoms. The number of carbonyl (C=O) groups excluding carboxylic acids is 1. The molecule has 0 saturated heterocycles. The summed E-state index contributed by atoms with van der Waals surface area (Å²) in [4.78, 5) is 16.2. The number of anilines is 3. The zero-order chi connectivity index (χ0) is 21.0. The molecule has 0 spiro atoms. The van der Waals surface area contributed by atoms with Gasteiger partial charge in [-0.15, -0.1) is 0 Å². The molecule has 1 amide bonds. The number of halogens is 1. The lowest BCUT2D eigenvalue weighted by Crippen LogP contribution is -2.27. The molecule has 0 radical (unpaired) electrons. The number of hydrogen-bond acceptors (Lipinski definition) is 6. The average Bonchev–Trinajstić information content (AvgIpc) is 3.10. The first-order chi connectivity index (χ1) is 13.7. The number of ether oxygens (including phenoxy) is 1. The summed E-state index contributed by atoms with van der Waals surface area (Å²) >= 11 is 3.40. The molecule has 150 valence electrons. The number of nitrogens with one attached hydrogen (secondary N) is 3. The van der Waals surface area contributed by atoms with Crippen LogP contribution in [-0.4, -0.2) is 22.9 Å². The maximum absolute atomic E-state index is 12.0. The van der Waals surface area contributed by atoms with Crippen molar-refractivity contribution >= 4 is 45.6 Å². The Bertz CT molecular complexity index is 1020. The molecule has 0 unspecified atom stereocenters. The minimum Gasteiger partial charge on any atom is -0.444 e. The molecule has 1 heterocycles. The van der Waals surface area contributed by atoms with Crippen LogP contribution in [0.1, 0.15) is 26.3 Å². The van der Waals surface area contributed by atoms with E-state index in [1.165, 1.54) is 0 Å². The van der Waals surface area contributed by atoms with Gasteiger partial charge in [0.05, 0.1) is 11.9 Å². The Morgan fingerprint density at radius 3 is 2.59 bits per heavy atom. The van der Waals surface area contributed by atoms with Crippen molar-refractivity contribution in [3.63, 3.8) is 0 Å². The second-order valence-corrected chi connectivity index (χ2v) is 8.15. The number of hydrogen-bond donors (Lipinski definition) is 3. The zero-order valence-corrected chi connectivity index (χ0v) is 17.8. The van der Waals surface area contributed by atoms with Crippen molar-refractivity contribution in [2.24, 2.45) is 0 Å². The second kappa shape index (κ2) is 8.48. The zero-order valence-electron chi connectivity index (χ0n) is 16.2. The van der Waals surface area contributed by atoms with Crippen molar-refractivity contribution < 1.29 is 13.9 Å². The van der Waals surface area contributed by atoms with Crippen LogP contribution in [0.25, 0.3) is 11.3 Å². The molecule has 0 aliphatic carbocycles. The molecule has 7 nitrogen and oxygen atoms in total. The third-order valence-corrected chi connectivity index (χ3v) is 4.26. The summed E-state index contributed by atoms with van der Waals surface area (Å²) in [6.07, 6.45) is 2.22. The highest BCUT2D eigenvalue weighted by molar-refractivity contribution is 9.10. The first-order valence-corrected chi connectivity index (χ1v) is 9.66. The van der Waals surface area contributed by atoms with Crippen molar-refractivity contribution in [1.82, 2.24) is 4.98 Å². The van der Waals surface area contributed by atoms with Gasteiger partial charge in [0.2, 0.25) is 0 Å². The van der Waals surface area contributed by atoms with Crippen LogP contribution in [0.2, 0.25) is 0 Å². The molecule has 0 saturated carbocycles. The molecule has 3 aromatic rings. The highest BCUT2D eigenvalue weighted by atomic mass is 79.9. The van der Waals surface area contributed by atoms with Gasteiger partial charge in [-0.1, -0.05) is 28.1 Å². The molecule has 3 N–H and O–H groups in total.